The van der Waals surface area contributed by atoms with Gasteiger partial charge in [-0.1, -0.05) is 39.0 Å². The van der Waals surface area contributed by atoms with Gasteiger partial charge in [0.05, 0.1) is 6.61 Å². The van der Waals surface area contributed by atoms with Gasteiger partial charge in [0.2, 0.25) is 11.8 Å². The Morgan fingerprint density at radius 3 is 2.39 bits per heavy atom. The first-order valence-electron chi connectivity index (χ1n) is 11.3. The molecule has 1 spiro atoms. The molecule has 1 N–H and O–H groups in total. The Morgan fingerprint density at radius 2 is 1.81 bits per heavy atom. The number of piperidine rings is 1. The van der Waals surface area contributed by atoms with Gasteiger partial charge in [-0.3, -0.25) is 19.3 Å². The van der Waals surface area contributed by atoms with Crippen molar-refractivity contribution in [1.29, 1.82) is 0 Å². The summed E-state index contributed by atoms with van der Waals surface area (Å²) in [6, 6.07) is 6.76. The molecule has 0 radical (unpaired) electrons. The molecule has 7 nitrogen and oxygen atoms in total. The van der Waals surface area contributed by atoms with Gasteiger partial charge in [0.15, 0.2) is 0 Å². The van der Waals surface area contributed by atoms with Crippen molar-refractivity contribution in [3.8, 4) is 0 Å². The number of hydrogen-bond acceptors (Lipinski definition) is 4. The Bertz CT molecular complexity index is 830. The second kappa shape index (κ2) is 9.39. The van der Waals surface area contributed by atoms with E-state index >= 15 is 0 Å². The fraction of sp³-hybridized carbons (Fsp3) is 0.625. The van der Waals surface area contributed by atoms with Gasteiger partial charge in [-0.2, -0.15) is 0 Å². The first-order chi connectivity index (χ1) is 14.7. The Hall–Kier alpha value is -2.41. The van der Waals surface area contributed by atoms with E-state index in [1.165, 1.54) is 0 Å². The molecule has 2 atom stereocenters. The molecule has 31 heavy (non-hydrogen) atoms. The number of benzene rings is 1. The zero-order chi connectivity index (χ0) is 22.8. The molecule has 170 valence electrons. The van der Waals surface area contributed by atoms with Crippen LogP contribution < -0.4 is 5.32 Å². The molecular weight excluding hydrogens is 394 g/mol. The lowest BCUT2D eigenvalue weighted by Crippen LogP contribution is -2.60. The van der Waals surface area contributed by atoms with E-state index in [1.807, 2.05) is 57.7 Å². The van der Waals surface area contributed by atoms with Crippen molar-refractivity contribution in [2.24, 2.45) is 5.92 Å². The number of aryl methyl sites for hydroxylation is 1. The highest BCUT2D eigenvalue weighted by Gasteiger charge is 2.54. The minimum Gasteiger partial charge on any atom is -0.353 e. The second-order valence-corrected chi connectivity index (χ2v) is 9.06. The molecule has 1 aromatic carbocycles. The number of nitrogens with zero attached hydrogens (tertiary/aromatic N) is 2. The van der Waals surface area contributed by atoms with Crippen LogP contribution >= 0.6 is 0 Å². The van der Waals surface area contributed by atoms with Crippen molar-refractivity contribution in [2.75, 3.05) is 19.7 Å². The molecule has 0 aromatic heterocycles. The zero-order valence-electron chi connectivity index (χ0n) is 19.3. The van der Waals surface area contributed by atoms with E-state index < -0.39 is 11.8 Å². The van der Waals surface area contributed by atoms with Crippen LogP contribution in [0, 0.1) is 12.8 Å². The third kappa shape index (κ3) is 4.61. The predicted octanol–water partition coefficient (Wildman–Crippen LogP) is 2.73. The first kappa shape index (κ1) is 23.3. The molecule has 1 aromatic rings. The van der Waals surface area contributed by atoms with Crippen LogP contribution in [0.2, 0.25) is 0 Å². The summed E-state index contributed by atoms with van der Waals surface area (Å²) < 4.78 is 6.22. The third-order valence-electron chi connectivity index (χ3n) is 6.51. The molecule has 3 rings (SSSR count). The number of ether oxygens (including phenoxy) is 1. The smallest absolute Gasteiger partial charge is 0.257 e. The van der Waals surface area contributed by atoms with E-state index in [0.717, 1.165) is 12.0 Å². The normalized spacial score (nSPS) is 21.4. The number of nitrogens with one attached hydrogen (secondary N) is 1. The van der Waals surface area contributed by atoms with Crippen LogP contribution in [0.1, 0.15) is 62.9 Å². The topological polar surface area (TPSA) is 79.0 Å². The highest BCUT2D eigenvalue weighted by atomic mass is 16.5. The summed E-state index contributed by atoms with van der Waals surface area (Å²) >= 11 is 0. The van der Waals surface area contributed by atoms with Crippen LogP contribution in [0.4, 0.5) is 0 Å². The van der Waals surface area contributed by atoms with Crippen LogP contribution in [0.5, 0.6) is 0 Å². The fourth-order valence-electron chi connectivity index (χ4n) is 4.39. The summed E-state index contributed by atoms with van der Waals surface area (Å²) in [6.07, 6.45) is 1.80. The average molecular weight is 430 g/mol. The largest absolute Gasteiger partial charge is 0.353 e. The van der Waals surface area contributed by atoms with Crippen LogP contribution in [-0.2, 0) is 14.3 Å². The number of carbonyl (C=O) groups is 3. The van der Waals surface area contributed by atoms with Crippen molar-refractivity contribution in [3.63, 3.8) is 0 Å². The Kier molecular flexibility index (Phi) is 7.04. The summed E-state index contributed by atoms with van der Waals surface area (Å²) in [7, 11) is 0. The lowest BCUT2D eigenvalue weighted by Gasteiger charge is -2.45. The lowest BCUT2D eigenvalue weighted by molar-refractivity contribution is -0.146. The summed E-state index contributed by atoms with van der Waals surface area (Å²) in [5, 5.41) is 3.01. The van der Waals surface area contributed by atoms with Crippen molar-refractivity contribution in [2.45, 2.75) is 71.7 Å². The SMILES string of the molecule is CC[C@@H](C)NC(=O)[C@H]1COC2(CCN(C(=O)C(C)C)CC2)N1C(=O)c1ccccc1C. The van der Waals surface area contributed by atoms with Crippen LogP contribution in [0.15, 0.2) is 24.3 Å². The molecule has 0 aliphatic carbocycles. The molecule has 2 saturated heterocycles. The molecule has 3 amide bonds. The number of rotatable bonds is 5. The van der Waals surface area contributed by atoms with E-state index in [0.29, 0.717) is 31.5 Å². The van der Waals surface area contributed by atoms with E-state index in [9.17, 15) is 14.4 Å². The van der Waals surface area contributed by atoms with Gasteiger partial charge in [0, 0.05) is 43.5 Å². The number of amides is 3. The number of hydrogen-bond donors (Lipinski definition) is 1. The van der Waals surface area contributed by atoms with Crippen molar-refractivity contribution < 1.29 is 19.1 Å². The quantitative estimate of drug-likeness (QED) is 0.781. The van der Waals surface area contributed by atoms with E-state index in [1.54, 1.807) is 11.0 Å². The summed E-state index contributed by atoms with van der Waals surface area (Å²) in [4.78, 5) is 42.7. The maximum atomic E-state index is 13.7. The van der Waals surface area contributed by atoms with E-state index in [2.05, 4.69) is 5.32 Å². The molecule has 2 aliphatic rings. The van der Waals surface area contributed by atoms with Crippen LogP contribution in [-0.4, -0.2) is 65.0 Å². The predicted molar refractivity (Wildman–Crippen MR) is 118 cm³/mol. The van der Waals surface area contributed by atoms with Crippen LogP contribution in [0.25, 0.3) is 0 Å². The minimum absolute atomic E-state index is 0.0185. The van der Waals surface area contributed by atoms with E-state index in [4.69, 9.17) is 4.74 Å². The van der Waals surface area contributed by atoms with Gasteiger partial charge in [0.25, 0.3) is 5.91 Å². The van der Waals surface area contributed by atoms with Crippen LogP contribution in [0.3, 0.4) is 0 Å². The number of carbonyl (C=O) groups excluding carboxylic acids is 3. The molecule has 2 aliphatic heterocycles. The summed E-state index contributed by atoms with van der Waals surface area (Å²) in [5.41, 5.74) is 0.572. The Labute approximate surface area is 185 Å². The van der Waals surface area contributed by atoms with Crippen molar-refractivity contribution in [1.82, 2.24) is 15.1 Å². The van der Waals surface area contributed by atoms with Gasteiger partial charge >= 0.3 is 0 Å². The second-order valence-electron chi connectivity index (χ2n) is 9.06. The molecule has 0 saturated carbocycles. The average Bonchev–Trinajstić information content (AvgIpc) is 3.12. The lowest BCUT2D eigenvalue weighted by atomic mass is 9.95. The molecule has 0 unspecified atom stereocenters. The molecular formula is C24H35N3O4. The Balaban J connectivity index is 1.90. The van der Waals surface area contributed by atoms with Crippen molar-refractivity contribution >= 4 is 17.7 Å². The third-order valence-corrected chi connectivity index (χ3v) is 6.51. The van der Waals surface area contributed by atoms with E-state index in [-0.39, 0.29) is 36.3 Å². The summed E-state index contributed by atoms with van der Waals surface area (Å²) in [6.45, 7) is 10.8. The van der Waals surface area contributed by atoms with Gasteiger partial charge in [0.1, 0.15) is 11.8 Å². The van der Waals surface area contributed by atoms with Gasteiger partial charge < -0.3 is 15.0 Å². The fourth-order valence-corrected chi connectivity index (χ4v) is 4.39. The van der Waals surface area contributed by atoms with Gasteiger partial charge in [-0.25, -0.2) is 0 Å². The molecule has 2 heterocycles. The maximum Gasteiger partial charge on any atom is 0.257 e. The molecule has 7 heteroatoms. The molecule has 0 bridgehead atoms. The minimum atomic E-state index is -0.870. The highest BCUT2D eigenvalue weighted by molar-refractivity contribution is 5.99. The van der Waals surface area contributed by atoms with Gasteiger partial charge in [-0.15, -0.1) is 0 Å². The monoisotopic (exact) mass is 429 g/mol. The maximum absolute atomic E-state index is 13.7. The Morgan fingerprint density at radius 1 is 1.16 bits per heavy atom. The standard InChI is InChI=1S/C24H35N3O4/c1-6-18(5)25-21(28)20-15-31-24(11-13-26(14-12-24)22(29)16(2)3)27(20)23(30)19-10-8-7-9-17(19)4/h7-10,16,18,20H,6,11-15H2,1-5H3,(H,25,28)/t18-,20-/m1/s1. The zero-order valence-corrected chi connectivity index (χ0v) is 19.3. The number of likely N-dealkylation sites (tertiary alicyclic amines) is 1. The van der Waals surface area contributed by atoms with Gasteiger partial charge in [-0.05, 0) is 31.9 Å². The first-order valence-corrected chi connectivity index (χ1v) is 11.3. The molecule has 2 fully saturated rings. The summed E-state index contributed by atoms with van der Waals surface area (Å²) in [5.74, 6) is -0.342. The van der Waals surface area contributed by atoms with Crippen molar-refractivity contribution in [3.05, 3.63) is 35.4 Å². The highest BCUT2D eigenvalue weighted by Crippen LogP contribution is 2.39.